The van der Waals surface area contributed by atoms with Crippen molar-refractivity contribution in [2.45, 2.75) is 51.5 Å². The molecule has 3 heteroatoms. The number of piperidine rings is 1. The zero-order valence-electron chi connectivity index (χ0n) is 12.3. The first-order valence-electron chi connectivity index (χ1n) is 7.89. The fourth-order valence-corrected chi connectivity index (χ4v) is 4.11. The minimum Gasteiger partial charge on any atom is -0.346 e. The number of anilines is 1. The molecule has 1 aliphatic heterocycles. The lowest BCUT2D eigenvalue weighted by atomic mass is 9.78. The van der Waals surface area contributed by atoms with E-state index < -0.39 is 0 Å². The maximum absolute atomic E-state index is 5.70. The molecule has 0 radical (unpaired) electrons. The average molecular weight is 288 g/mol. The van der Waals surface area contributed by atoms with Crippen molar-refractivity contribution in [3.05, 3.63) is 29.8 Å². The van der Waals surface area contributed by atoms with E-state index in [1.54, 1.807) is 0 Å². The Balaban J connectivity index is 1.71. The summed E-state index contributed by atoms with van der Waals surface area (Å²) in [4.78, 5) is 2.47. The fraction of sp³-hybridized carbons (Fsp3) is 0.588. The maximum atomic E-state index is 5.70. The van der Waals surface area contributed by atoms with E-state index in [0.29, 0.717) is 6.04 Å². The fourth-order valence-electron chi connectivity index (χ4n) is 3.78. The van der Waals surface area contributed by atoms with E-state index in [0.717, 1.165) is 23.3 Å². The monoisotopic (exact) mass is 288 g/mol. The Morgan fingerprint density at radius 3 is 2.75 bits per heavy atom. The van der Waals surface area contributed by atoms with Gasteiger partial charge in [-0.15, -0.1) is 0 Å². The summed E-state index contributed by atoms with van der Waals surface area (Å²) in [5.41, 5.74) is 2.41. The predicted molar refractivity (Wildman–Crippen MR) is 89.1 cm³/mol. The van der Waals surface area contributed by atoms with E-state index in [1.165, 1.54) is 44.1 Å². The van der Waals surface area contributed by atoms with Gasteiger partial charge in [0.15, 0.2) is 5.11 Å². The minimum atomic E-state index is 0.682. The molecule has 0 spiro atoms. The molecule has 20 heavy (non-hydrogen) atoms. The molecule has 1 N–H and O–H groups in total. The molecule has 3 rings (SSSR count). The zero-order valence-corrected chi connectivity index (χ0v) is 13.1. The van der Waals surface area contributed by atoms with Gasteiger partial charge >= 0.3 is 0 Å². The Hall–Kier alpha value is -1.09. The Kier molecular flexibility index (Phi) is 4.25. The number of aryl methyl sites for hydroxylation is 1. The summed E-state index contributed by atoms with van der Waals surface area (Å²) < 4.78 is 0. The van der Waals surface area contributed by atoms with Crippen LogP contribution < -0.4 is 5.32 Å². The number of para-hydroxylation sites is 1. The lowest BCUT2D eigenvalue weighted by Gasteiger charge is -2.45. The van der Waals surface area contributed by atoms with Crippen LogP contribution >= 0.6 is 12.2 Å². The third-order valence-corrected chi connectivity index (χ3v) is 5.23. The summed E-state index contributed by atoms with van der Waals surface area (Å²) in [5.74, 6) is 0.870. The molecule has 1 saturated carbocycles. The van der Waals surface area contributed by atoms with Crippen LogP contribution in [0.25, 0.3) is 0 Å². The van der Waals surface area contributed by atoms with Gasteiger partial charge in [-0.3, -0.25) is 0 Å². The van der Waals surface area contributed by atoms with Crippen molar-refractivity contribution in [2.24, 2.45) is 5.92 Å². The van der Waals surface area contributed by atoms with Crippen LogP contribution in [-0.4, -0.2) is 22.6 Å². The summed E-state index contributed by atoms with van der Waals surface area (Å²) >= 11 is 5.70. The molecule has 2 aliphatic rings. The smallest absolute Gasteiger partial charge is 0.173 e. The molecular weight excluding hydrogens is 264 g/mol. The first-order chi connectivity index (χ1) is 9.75. The molecule has 0 aromatic heterocycles. The topological polar surface area (TPSA) is 15.3 Å². The standard InChI is InChI=1S/C17H24N2S/c1-13-7-2-4-10-15(13)18-17(20)19-12-6-9-14-8-3-5-11-16(14)19/h2,4,7,10,14,16H,3,5-6,8-9,11-12H2,1H3,(H,18,20)/t14-,16+/m0/s1. The SMILES string of the molecule is Cc1ccccc1NC(=S)N1CCC[C@@H]2CCCC[C@H]21. The molecule has 0 bridgehead atoms. The number of hydrogen-bond acceptors (Lipinski definition) is 1. The van der Waals surface area contributed by atoms with Gasteiger partial charge in [0.1, 0.15) is 0 Å². The highest BCUT2D eigenvalue weighted by Gasteiger charge is 2.34. The highest BCUT2D eigenvalue weighted by atomic mass is 32.1. The summed E-state index contributed by atoms with van der Waals surface area (Å²) in [6, 6.07) is 9.06. The van der Waals surface area contributed by atoms with Crippen LogP contribution in [0, 0.1) is 12.8 Å². The van der Waals surface area contributed by atoms with Crippen molar-refractivity contribution in [1.82, 2.24) is 4.90 Å². The predicted octanol–water partition coefficient (Wildman–Crippen LogP) is 4.35. The number of benzene rings is 1. The van der Waals surface area contributed by atoms with E-state index in [-0.39, 0.29) is 0 Å². The first-order valence-corrected chi connectivity index (χ1v) is 8.30. The Morgan fingerprint density at radius 2 is 1.90 bits per heavy atom. The third-order valence-electron chi connectivity index (χ3n) is 4.89. The van der Waals surface area contributed by atoms with Gasteiger partial charge in [0.25, 0.3) is 0 Å². The lowest BCUT2D eigenvalue weighted by Crippen LogP contribution is -2.51. The van der Waals surface area contributed by atoms with Crippen molar-refractivity contribution in [3.63, 3.8) is 0 Å². The van der Waals surface area contributed by atoms with Crippen LogP contribution in [0.5, 0.6) is 0 Å². The van der Waals surface area contributed by atoms with Crippen molar-refractivity contribution in [3.8, 4) is 0 Å². The van der Waals surface area contributed by atoms with E-state index in [2.05, 4.69) is 41.4 Å². The Labute approximate surface area is 127 Å². The minimum absolute atomic E-state index is 0.682. The molecule has 2 fully saturated rings. The van der Waals surface area contributed by atoms with Crippen LogP contribution in [0.15, 0.2) is 24.3 Å². The number of nitrogens with zero attached hydrogens (tertiary/aromatic N) is 1. The molecule has 0 amide bonds. The molecule has 2 nitrogen and oxygen atoms in total. The van der Waals surface area contributed by atoms with Gasteiger partial charge in [0, 0.05) is 18.3 Å². The van der Waals surface area contributed by atoms with Crippen molar-refractivity contribution in [2.75, 3.05) is 11.9 Å². The molecule has 1 aromatic rings. The van der Waals surface area contributed by atoms with Gasteiger partial charge in [-0.05, 0) is 62.4 Å². The van der Waals surface area contributed by atoms with Crippen LogP contribution in [0.2, 0.25) is 0 Å². The van der Waals surface area contributed by atoms with E-state index in [4.69, 9.17) is 12.2 Å². The number of nitrogens with one attached hydrogen (secondary N) is 1. The first kappa shape index (κ1) is 13.9. The molecule has 0 unspecified atom stereocenters. The van der Waals surface area contributed by atoms with Gasteiger partial charge in [0.2, 0.25) is 0 Å². The summed E-state index contributed by atoms with van der Waals surface area (Å²) in [5, 5.41) is 4.40. The number of hydrogen-bond donors (Lipinski definition) is 1. The molecule has 2 atom stereocenters. The second-order valence-corrected chi connectivity index (χ2v) is 6.58. The Bertz CT molecular complexity index is 484. The molecule has 1 heterocycles. The van der Waals surface area contributed by atoms with Gasteiger partial charge < -0.3 is 10.2 Å². The van der Waals surface area contributed by atoms with E-state index >= 15 is 0 Å². The van der Waals surface area contributed by atoms with Crippen LogP contribution in [-0.2, 0) is 0 Å². The van der Waals surface area contributed by atoms with E-state index in [1.807, 2.05) is 0 Å². The average Bonchev–Trinajstić information content (AvgIpc) is 2.49. The number of fused-ring (bicyclic) bond motifs is 1. The van der Waals surface area contributed by atoms with Crippen LogP contribution in [0.4, 0.5) is 5.69 Å². The molecule has 1 aliphatic carbocycles. The molecule has 108 valence electrons. The molecule has 1 aromatic carbocycles. The third kappa shape index (κ3) is 2.83. The lowest BCUT2D eigenvalue weighted by molar-refractivity contribution is 0.121. The normalized spacial score (nSPS) is 25.9. The number of thiocarbonyl (C=S) groups is 1. The van der Waals surface area contributed by atoms with Gasteiger partial charge in [0.05, 0.1) is 0 Å². The van der Waals surface area contributed by atoms with Crippen molar-refractivity contribution < 1.29 is 0 Å². The van der Waals surface area contributed by atoms with Gasteiger partial charge in [-0.1, -0.05) is 31.0 Å². The number of rotatable bonds is 1. The summed E-state index contributed by atoms with van der Waals surface area (Å²) in [6.45, 7) is 3.25. The van der Waals surface area contributed by atoms with Crippen LogP contribution in [0.3, 0.4) is 0 Å². The summed E-state index contributed by atoms with van der Waals surface area (Å²) in [6.07, 6.45) is 8.18. The second kappa shape index (κ2) is 6.13. The van der Waals surface area contributed by atoms with Gasteiger partial charge in [-0.25, -0.2) is 0 Å². The highest BCUT2D eigenvalue weighted by molar-refractivity contribution is 7.80. The van der Waals surface area contributed by atoms with Crippen molar-refractivity contribution >= 4 is 23.0 Å². The molecular formula is C17H24N2S. The largest absolute Gasteiger partial charge is 0.346 e. The second-order valence-electron chi connectivity index (χ2n) is 6.19. The summed E-state index contributed by atoms with van der Waals surface area (Å²) in [7, 11) is 0. The Morgan fingerprint density at radius 1 is 1.15 bits per heavy atom. The highest BCUT2D eigenvalue weighted by Crippen LogP contribution is 2.35. The molecule has 1 saturated heterocycles. The van der Waals surface area contributed by atoms with E-state index in [9.17, 15) is 0 Å². The quantitative estimate of drug-likeness (QED) is 0.774. The maximum Gasteiger partial charge on any atom is 0.173 e. The van der Waals surface area contributed by atoms with Gasteiger partial charge in [-0.2, -0.15) is 0 Å². The van der Waals surface area contributed by atoms with Crippen LogP contribution in [0.1, 0.15) is 44.1 Å². The van der Waals surface area contributed by atoms with Crippen molar-refractivity contribution in [1.29, 1.82) is 0 Å². The zero-order chi connectivity index (χ0) is 13.9. The number of likely N-dealkylation sites (tertiary alicyclic amines) is 1.